The van der Waals surface area contributed by atoms with Gasteiger partial charge in [-0.3, -0.25) is 4.98 Å². The van der Waals surface area contributed by atoms with E-state index in [9.17, 15) is 0 Å². The van der Waals surface area contributed by atoms with E-state index >= 15 is 0 Å². The highest BCUT2D eigenvalue weighted by molar-refractivity contribution is 5.83. The van der Waals surface area contributed by atoms with Gasteiger partial charge in [0.15, 0.2) is 5.58 Å². The molecule has 0 aliphatic rings. The molecule has 2 nitrogen and oxygen atoms in total. The van der Waals surface area contributed by atoms with E-state index in [0.717, 1.165) is 5.58 Å². The molecule has 2 rings (SSSR count). The normalized spacial score (nSPS) is 10.7. The summed E-state index contributed by atoms with van der Waals surface area (Å²) in [4.78, 5) is 4.03. The van der Waals surface area contributed by atoms with Gasteiger partial charge >= 0.3 is 0 Å². The van der Waals surface area contributed by atoms with Gasteiger partial charge in [-0.15, -0.1) is 0 Å². The molecule has 2 aromatic heterocycles. The molecule has 56 valence electrons. The summed E-state index contributed by atoms with van der Waals surface area (Å²) in [6.07, 6.45) is 5.36. The fraction of sp³-hybridized carbons (Fsp3) is 0.222. The van der Waals surface area contributed by atoms with Crippen LogP contribution in [0.1, 0.15) is 11.1 Å². The van der Waals surface area contributed by atoms with E-state index in [1.807, 2.05) is 20.0 Å². The molecular formula is C9H9NO. The average molecular weight is 147 g/mol. The summed E-state index contributed by atoms with van der Waals surface area (Å²) in [5, 5.41) is 1.19. The van der Waals surface area contributed by atoms with E-state index in [1.54, 1.807) is 12.5 Å². The first-order valence-corrected chi connectivity index (χ1v) is 3.57. The summed E-state index contributed by atoms with van der Waals surface area (Å²) in [6, 6.07) is 0. The monoisotopic (exact) mass is 147 g/mol. The molecule has 2 aromatic rings. The smallest absolute Gasteiger partial charge is 0.152 e. The van der Waals surface area contributed by atoms with Gasteiger partial charge in [0.05, 0.1) is 12.5 Å². The highest BCUT2D eigenvalue weighted by Crippen LogP contribution is 2.21. The molecule has 0 aromatic carbocycles. The third-order valence-corrected chi connectivity index (χ3v) is 1.86. The van der Waals surface area contributed by atoms with Crippen LogP contribution in [-0.4, -0.2) is 4.98 Å². The van der Waals surface area contributed by atoms with Gasteiger partial charge in [0.2, 0.25) is 0 Å². The number of furan rings is 1. The zero-order valence-electron chi connectivity index (χ0n) is 6.59. The summed E-state index contributed by atoms with van der Waals surface area (Å²) in [5.74, 6) is 0. The lowest BCUT2D eigenvalue weighted by molar-refractivity contribution is 0.611. The van der Waals surface area contributed by atoms with E-state index in [2.05, 4.69) is 4.98 Å². The molecule has 0 radical (unpaired) electrons. The van der Waals surface area contributed by atoms with Crippen LogP contribution >= 0.6 is 0 Å². The van der Waals surface area contributed by atoms with Crippen molar-refractivity contribution in [2.24, 2.45) is 0 Å². The van der Waals surface area contributed by atoms with Crippen LogP contribution in [0, 0.1) is 13.8 Å². The minimum absolute atomic E-state index is 0.877. The maximum atomic E-state index is 5.27. The summed E-state index contributed by atoms with van der Waals surface area (Å²) >= 11 is 0. The second-order valence-corrected chi connectivity index (χ2v) is 2.75. The SMILES string of the molecule is Cc1cncc2occ(C)c12. The van der Waals surface area contributed by atoms with Crippen LogP contribution in [-0.2, 0) is 0 Å². The van der Waals surface area contributed by atoms with E-state index in [1.165, 1.54) is 16.5 Å². The number of nitrogens with zero attached hydrogens (tertiary/aromatic N) is 1. The van der Waals surface area contributed by atoms with E-state index in [0.29, 0.717) is 0 Å². The Hall–Kier alpha value is -1.31. The van der Waals surface area contributed by atoms with Gasteiger partial charge < -0.3 is 4.42 Å². The van der Waals surface area contributed by atoms with E-state index in [4.69, 9.17) is 4.42 Å². The van der Waals surface area contributed by atoms with Gasteiger partial charge in [0.1, 0.15) is 0 Å². The first-order chi connectivity index (χ1) is 5.29. The Bertz CT molecular complexity index is 389. The first-order valence-electron chi connectivity index (χ1n) is 3.57. The third-order valence-electron chi connectivity index (χ3n) is 1.86. The highest BCUT2D eigenvalue weighted by Gasteiger charge is 2.03. The predicted molar refractivity (Wildman–Crippen MR) is 43.5 cm³/mol. The van der Waals surface area contributed by atoms with Crippen molar-refractivity contribution in [3.05, 3.63) is 29.8 Å². The quantitative estimate of drug-likeness (QED) is 0.572. The molecule has 0 unspecified atom stereocenters. The van der Waals surface area contributed by atoms with Gasteiger partial charge in [-0.2, -0.15) is 0 Å². The minimum Gasteiger partial charge on any atom is -0.462 e. The van der Waals surface area contributed by atoms with Crippen LogP contribution in [0.15, 0.2) is 23.1 Å². The zero-order chi connectivity index (χ0) is 7.84. The molecule has 0 fully saturated rings. The van der Waals surface area contributed by atoms with Crippen LogP contribution in [0.3, 0.4) is 0 Å². The second kappa shape index (κ2) is 2.09. The lowest BCUT2D eigenvalue weighted by Gasteiger charge is -1.92. The number of rotatable bonds is 0. The van der Waals surface area contributed by atoms with Crippen molar-refractivity contribution in [3.8, 4) is 0 Å². The molecule has 0 bridgehead atoms. The largest absolute Gasteiger partial charge is 0.462 e. The molecule has 0 aliphatic carbocycles. The lowest BCUT2D eigenvalue weighted by atomic mass is 10.1. The van der Waals surface area contributed by atoms with Gasteiger partial charge in [0, 0.05) is 11.6 Å². The fourth-order valence-electron chi connectivity index (χ4n) is 1.35. The van der Waals surface area contributed by atoms with Gasteiger partial charge in [-0.05, 0) is 25.0 Å². The number of aryl methyl sites for hydroxylation is 2. The average Bonchev–Trinajstić information content (AvgIpc) is 2.34. The molecule has 0 spiro atoms. The molecule has 0 amide bonds. The van der Waals surface area contributed by atoms with Crippen molar-refractivity contribution in [2.45, 2.75) is 13.8 Å². The van der Waals surface area contributed by atoms with Crippen molar-refractivity contribution in [1.82, 2.24) is 4.98 Å². The van der Waals surface area contributed by atoms with Crippen LogP contribution in [0.25, 0.3) is 11.0 Å². The van der Waals surface area contributed by atoms with Crippen molar-refractivity contribution >= 4 is 11.0 Å². The number of hydrogen-bond acceptors (Lipinski definition) is 2. The van der Waals surface area contributed by atoms with Gasteiger partial charge in [-0.25, -0.2) is 0 Å². The summed E-state index contributed by atoms with van der Waals surface area (Å²) in [5.41, 5.74) is 3.23. The lowest BCUT2D eigenvalue weighted by Crippen LogP contribution is -1.77. The molecule has 0 saturated heterocycles. The molecule has 0 aliphatic heterocycles. The Kier molecular flexibility index (Phi) is 1.22. The molecule has 11 heavy (non-hydrogen) atoms. The van der Waals surface area contributed by atoms with E-state index in [-0.39, 0.29) is 0 Å². The molecule has 2 heteroatoms. The number of hydrogen-bond donors (Lipinski definition) is 0. The van der Waals surface area contributed by atoms with Gasteiger partial charge in [0.25, 0.3) is 0 Å². The minimum atomic E-state index is 0.877. The Labute approximate surface area is 64.9 Å². The maximum Gasteiger partial charge on any atom is 0.152 e. The Morgan fingerprint density at radius 1 is 1.18 bits per heavy atom. The molecular weight excluding hydrogens is 138 g/mol. The summed E-state index contributed by atoms with van der Waals surface area (Å²) in [6.45, 7) is 4.08. The molecule has 0 saturated carbocycles. The second-order valence-electron chi connectivity index (χ2n) is 2.75. The third kappa shape index (κ3) is 0.827. The van der Waals surface area contributed by atoms with E-state index < -0.39 is 0 Å². The standard InChI is InChI=1S/C9H9NO/c1-6-3-10-4-8-9(6)7(2)5-11-8/h3-5H,1-2H3. The number of aromatic nitrogens is 1. The van der Waals surface area contributed by atoms with Crippen molar-refractivity contribution in [2.75, 3.05) is 0 Å². The Morgan fingerprint density at radius 3 is 2.73 bits per heavy atom. The number of fused-ring (bicyclic) bond motifs is 1. The summed E-state index contributed by atoms with van der Waals surface area (Å²) < 4.78 is 5.27. The van der Waals surface area contributed by atoms with Crippen LogP contribution in [0.2, 0.25) is 0 Å². The predicted octanol–water partition coefficient (Wildman–Crippen LogP) is 2.44. The zero-order valence-corrected chi connectivity index (χ0v) is 6.59. The van der Waals surface area contributed by atoms with Crippen LogP contribution in [0.5, 0.6) is 0 Å². The van der Waals surface area contributed by atoms with Crippen molar-refractivity contribution < 1.29 is 4.42 Å². The van der Waals surface area contributed by atoms with Crippen molar-refractivity contribution in [3.63, 3.8) is 0 Å². The highest BCUT2D eigenvalue weighted by atomic mass is 16.3. The fourth-order valence-corrected chi connectivity index (χ4v) is 1.35. The maximum absolute atomic E-state index is 5.27. The summed E-state index contributed by atoms with van der Waals surface area (Å²) in [7, 11) is 0. The topological polar surface area (TPSA) is 26.0 Å². The van der Waals surface area contributed by atoms with Crippen LogP contribution in [0.4, 0.5) is 0 Å². The van der Waals surface area contributed by atoms with Crippen molar-refractivity contribution in [1.29, 1.82) is 0 Å². The Balaban J connectivity index is 2.96. The first kappa shape index (κ1) is 6.40. The number of pyridine rings is 1. The molecule has 2 heterocycles. The Morgan fingerprint density at radius 2 is 2.00 bits per heavy atom. The molecule has 0 N–H and O–H groups in total. The van der Waals surface area contributed by atoms with Gasteiger partial charge in [-0.1, -0.05) is 0 Å². The molecule has 0 atom stereocenters. The van der Waals surface area contributed by atoms with Crippen LogP contribution < -0.4 is 0 Å².